The number of carbonyl (C=O) groups excluding carboxylic acids is 3. The number of halogens is 1. The fourth-order valence-corrected chi connectivity index (χ4v) is 3.07. The minimum atomic E-state index is -0.738. The molecule has 2 N–H and O–H groups in total. The van der Waals surface area contributed by atoms with Crippen molar-refractivity contribution in [3.8, 4) is 0 Å². The van der Waals surface area contributed by atoms with E-state index < -0.39 is 24.4 Å². The summed E-state index contributed by atoms with van der Waals surface area (Å²) in [5.74, 6) is -1.62. The van der Waals surface area contributed by atoms with Crippen LogP contribution in [0.4, 0.5) is 11.4 Å². The highest BCUT2D eigenvalue weighted by Gasteiger charge is 2.17. The van der Waals surface area contributed by atoms with Gasteiger partial charge >= 0.3 is 5.97 Å². The zero-order valence-electron chi connectivity index (χ0n) is 15.4. The van der Waals surface area contributed by atoms with Crippen molar-refractivity contribution in [3.63, 3.8) is 0 Å². The van der Waals surface area contributed by atoms with Gasteiger partial charge in [-0.2, -0.15) is 0 Å². The molecule has 2 aromatic carbocycles. The molecule has 0 radical (unpaired) electrons. The van der Waals surface area contributed by atoms with E-state index in [2.05, 4.69) is 26.6 Å². The minimum absolute atomic E-state index is 0.108. The Labute approximate surface area is 175 Å². The van der Waals surface area contributed by atoms with Crippen molar-refractivity contribution in [3.05, 3.63) is 82.2 Å². The number of furan rings is 1. The highest BCUT2D eigenvalue weighted by atomic mass is 79.9. The molecule has 2 amide bonds. The van der Waals surface area contributed by atoms with E-state index >= 15 is 0 Å². The molecule has 148 valence electrons. The van der Waals surface area contributed by atoms with Gasteiger partial charge < -0.3 is 19.8 Å². The van der Waals surface area contributed by atoms with Crippen molar-refractivity contribution >= 4 is 45.1 Å². The molecule has 1 aromatic heterocycles. The Morgan fingerprint density at radius 2 is 1.79 bits per heavy atom. The average Bonchev–Trinajstić information content (AvgIpc) is 3.24. The van der Waals surface area contributed by atoms with Gasteiger partial charge in [-0.05, 0) is 64.8 Å². The van der Waals surface area contributed by atoms with Crippen LogP contribution < -0.4 is 10.6 Å². The molecule has 8 heteroatoms. The SMILES string of the molecule is Cc1ccc(NC(=O)COC(=O)c2ccccc2NC(=O)c2ccco2)c(Br)c1. The van der Waals surface area contributed by atoms with Gasteiger partial charge in [0.25, 0.3) is 11.8 Å². The Hall–Kier alpha value is -3.39. The molecule has 0 aliphatic heterocycles. The molecule has 1 heterocycles. The van der Waals surface area contributed by atoms with Crippen LogP contribution in [-0.2, 0) is 9.53 Å². The number of hydrogen-bond donors (Lipinski definition) is 2. The number of rotatable bonds is 6. The summed E-state index contributed by atoms with van der Waals surface area (Å²) in [7, 11) is 0. The van der Waals surface area contributed by atoms with E-state index in [1.165, 1.54) is 18.4 Å². The Bertz CT molecular complexity index is 1050. The zero-order chi connectivity index (χ0) is 20.8. The number of aryl methyl sites for hydroxylation is 1. The Kier molecular flexibility index (Phi) is 6.46. The Morgan fingerprint density at radius 1 is 1.00 bits per heavy atom. The lowest BCUT2D eigenvalue weighted by Crippen LogP contribution is -2.22. The number of para-hydroxylation sites is 1. The molecule has 7 nitrogen and oxygen atoms in total. The molecule has 0 spiro atoms. The van der Waals surface area contributed by atoms with Crippen LogP contribution in [0.2, 0.25) is 0 Å². The molecule has 0 fully saturated rings. The van der Waals surface area contributed by atoms with E-state index in [4.69, 9.17) is 9.15 Å². The molecule has 3 aromatic rings. The summed E-state index contributed by atoms with van der Waals surface area (Å²) in [5, 5.41) is 5.26. The zero-order valence-corrected chi connectivity index (χ0v) is 17.0. The number of anilines is 2. The van der Waals surface area contributed by atoms with Gasteiger partial charge in [0.15, 0.2) is 12.4 Å². The van der Waals surface area contributed by atoms with Gasteiger partial charge in [0.1, 0.15) is 0 Å². The molecule has 0 unspecified atom stereocenters. The maximum Gasteiger partial charge on any atom is 0.340 e. The van der Waals surface area contributed by atoms with Gasteiger partial charge in [-0.15, -0.1) is 0 Å². The van der Waals surface area contributed by atoms with Crippen LogP contribution in [0.5, 0.6) is 0 Å². The predicted octanol–water partition coefficient (Wildman–Crippen LogP) is 4.40. The quantitative estimate of drug-likeness (QED) is 0.535. The van der Waals surface area contributed by atoms with Crippen molar-refractivity contribution in [1.29, 1.82) is 0 Å². The molecule has 0 atom stereocenters. The van der Waals surface area contributed by atoms with E-state index in [9.17, 15) is 14.4 Å². The number of ether oxygens (including phenoxy) is 1. The van der Waals surface area contributed by atoms with Crippen LogP contribution in [0.15, 0.2) is 69.8 Å². The topological polar surface area (TPSA) is 97.6 Å². The molecule has 0 saturated heterocycles. The summed E-state index contributed by atoms with van der Waals surface area (Å²) in [6.07, 6.45) is 1.38. The molecule has 29 heavy (non-hydrogen) atoms. The third kappa shape index (κ3) is 5.32. The lowest BCUT2D eigenvalue weighted by Gasteiger charge is -2.11. The highest BCUT2D eigenvalue weighted by Crippen LogP contribution is 2.23. The van der Waals surface area contributed by atoms with Gasteiger partial charge in [0.2, 0.25) is 0 Å². The Morgan fingerprint density at radius 3 is 2.52 bits per heavy atom. The van der Waals surface area contributed by atoms with Gasteiger partial charge in [-0.25, -0.2) is 4.79 Å². The van der Waals surface area contributed by atoms with Crippen molar-refractivity contribution in [1.82, 2.24) is 0 Å². The lowest BCUT2D eigenvalue weighted by molar-refractivity contribution is -0.119. The lowest BCUT2D eigenvalue weighted by atomic mass is 10.1. The van der Waals surface area contributed by atoms with Gasteiger partial charge in [0, 0.05) is 4.47 Å². The normalized spacial score (nSPS) is 10.3. The first kappa shape index (κ1) is 20.3. The predicted molar refractivity (Wildman–Crippen MR) is 111 cm³/mol. The standard InChI is InChI=1S/C21H17BrN2O5/c1-13-8-9-17(15(22)11-13)23-19(25)12-29-21(27)14-5-2-3-6-16(14)24-20(26)18-7-4-10-28-18/h2-11H,12H2,1H3,(H,23,25)(H,24,26). The number of hydrogen-bond acceptors (Lipinski definition) is 5. The summed E-state index contributed by atoms with van der Waals surface area (Å²) in [5.41, 5.74) is 1.98. The van der Waals surface area contributed by atoms with E-state index in [-0.39, 0.29) is 17.0 Å². The average molecular weight is 457 g/mol. The van der Waals surface area contributed by atoms with Crippen LogP contribution in [0.25, 0.3) is 0 Å². The van der Waals surface area contributed by atoms with Crippen molar-refractivity contribution in [2.75, 3.05) is 17.2 Å². The number of benzene rings is 2. The maximum absolute atomic E-state index is 12.4. The van der Waals surface area contributed by atoms with Crippen LogP contribution in [0.1, 0.15) is 26.5 Å². The number of nitrogens with one attached hydrogen (secondary N) is 2. The summed E-state index contributed by atoms with van der Waals surface area (Å²) in [6, 6.07) is 14.9. The van der Waals surface area contributed by atoms with Crippen LogP contribution >= 0.6 is 15.9 Å². The molecule has 3 rings (SSSR count). The maximum atomic E-state index is 12.4. The largest absolute Gasteiger partial charge is 0.459 e. The summed E-state index contributed by atoms with van der Waals surface area (Å²) < 4.78 is 10.9. The number of esters is 1. The monoisotopic (exact) mass is 456 g/mol. The van der Waals surface area contributed by atoms with Crippen LogP contribution in [-0.4, -0.2) is 24.4 Å². The first-order chi connectivity index (χ1) is 13.9. The summed E-state index contributed by atoms with van der Waals surface area (Å²) in [4.78, 5) is 36.7. The fourth-order valence-electron chi connectivity index (χ4n) is 2.48. The van der Waals surface area contributed by atoms with Crippen molar-refractivity contribution in [2.45, 2.75) is 6.92 Å². The van der Waals surface area contributed by atoms with Gasteiger partial charge in [-0.1, -0.05) is 18.2 Å². The summed E-state index contributed by atoms with van der Waals surface area (Å²) in [6.45, 7) is 1.46. The minimum Gasteiger partial charge on any atom is -0.459 e. The molecule has 0 saturated carbocycles. The third-order valence-corrected chi connectivity index (χ3v) is 4.53. The first-order valence-electron chi connectivity index (χ1n) is 8.61. The number of carbonyl (C=O) groups is 3. The van der Waals surface area contributed by atoms with Crippen LogP contribution in [0.3, 0.4) is 0 Å². The summed E-state index contributed by atoms with van der Waals surface area (Å²) >= 11 is 3.37. The van der Waals surface area contributed by atoms with E-state index in [0.29, 0.717) is 5.69 Å². The van der Waals surface area contributed by atoms with E-state index in [1.54, 1.807) is 30.3 Å². The molecular weight excluding hydrogens is 440 g/mol. The molecule has 0 bridgehead atoms. The molecular formula is C21H17BrN2O5. The second-order valence-electron chi connectivity index (χ2n) is 6.08. The molecule has 0 aliphatic rings. The van der Waals surface area contributed by atoms with Gasteiger partial charge in [-0.3, -0.25) is 9.59 Å². The number of amides is 2. The van der Waals surface area contributed by atoms with Crippen LogP contribution in [0, 0.1) is 6.92 Å². The Balaban J connectivity index is 1.62. The smallest absolute Gasteiger partial charge is 0.340 e. The fraction of sp³-hybridized carbons (Fsp3) is 0.0952. The van der Waals surface area contributed by atoms with Gasteiger partial charge in [0.05, 0.1) is 23.2 Å². The second kappa shape index (κ2) is 9.20. The third-order valence-electron chi connectivity index (χ3n) is 3.87. The van der Waals surface area contributed by atoms with Crippen molar-refractivity contribution in [2.24, 2.45) is 0 Å². The first-order valence-corrected chi connectivity index (χ1v) is 9.40. The van der Waals surface area contributed by atoms with E-state index in [1.807, 2.05) is 19.1 Å². The van der Waals surface area contributed by atoms with Crippen molar-refractivity contribution < 1.29 is 23.5 Å². The van der Waals surface area contributed by atoms with E-state index in [0.717, 1.165) is 10.0 Å². The highest BCUT2D eigenvalue weighted by molar-refractivity contribution is 9.10. The second-order valence-corrected chi connectivity index (χ2v) is 6.94. The molecule has 0 aliphatic carbocycles.